The van der Waals surface area contributed by atoms with E-state index >= 15 is 0 Å². The molecular formula is C6H5F2NO3S. The topological polar surface area (TPSA) is 80.4 Å². The van der Waals surface area contributed by atoms with Crippen LogP contribution in [0.3, 0.4) is 0 Å². The van der Waals surface area contributed by atoms with Gasteiger partial charge in [-0.3, -0.25) is 0 Å². The molecule has 72 valence electrons. The zero-order chi connectivity index (χ0) is 10.2. The standard InChI is InChI=1S/C6H5F2NO3S/c7-3-1-2-4(10)6(5(3)8)13(9,11)12/h1-2,10H,(H2,9,11,12). The third-order valence-corrected chi connectivity index (χ3v) is 2.27. The average Bonchev–Trinajstić information content (AvgIpc) is 1.95. The number of primary sulfonamides is 1. The fraction of sp³-hybridized carbons (Fsp3) is 0. The summed E-state index contributed by atoms with van der Waals surface area (Å²) in [6, 6.07) is 1.30. The zero-order valence-corrected chi connectivity index (χ0v) is 6.98. The molecule has 0 aliphatic carbocycles. The third-order valence-electron chi connectivity index (χ3n) is 1.31. The van der Waals surface area contributed by atoms with Crippen molar-refractivity contribution in [2.75, 3.05) is 0 Å². The van der Waals surface area contributed by atoms with Crippen molar-refractivity contribution in [1.82, 2.24) is 0 Å². The van der Waals surface area contributed by atoms with Crippen LogP contribution >= 0.6 is 0 Å². The van der Waals surface area contributed by atoms with Gasteiger partial charge in [0.2, 0.25) is 10.0 Å². The lowest BCUT2D eigenvalue weighted by molar-refractivity contribution is 0.425. The molecule has 0 aliphatic rings. The smallest absolute Gasteiger partial charge is 0.244 e. The maximum Gasteiger partial charge on any atom is 0.244 e. The molecule has 0 saturated heterocycles. The van der Waals surface area contributed by atoms with E-state index in [4.69, 9.17) is 5.11 Å². The van der Waals surface area contributed by atoms with Gasteiger partial charge in [-0.05, 0) is 12.1 Å². The Labute approximate surface area is 72.7 Å². The van der Waals surface area contributed by atoms with Crippen molar-refractivity contribution in [3.8, 4) is 5.75 Å². The Morgan fingerprint density at radius 1 is 1.31 bits per heavy atom. The number of rotatable bonds is 1. The van der Waals surface area contributed by atoms with E-state index in [1.54, 1.807) is 0 Å². The van der Waals surface area contributed by atoms with Gasteiger partial charge in [-0.1, -0.05) is 0 Å². The van der Waals surface area contributed by atoms with E-state index < -0.39 is 32.3 Å². The number of aromatic hydroxyl groups is 1. The molecule has 0 bridgehead atoms. The van der Waals surface area contributed by atoms with E-state index in [1.165, 1.54) is 0 Å². The summed E-state index contributed by atoms with van der Waals surface area (Å²) in [5, 5.41) is 13.4. The molecule has 1 aromatic rings. The Bertz CT molecular complexity index is 443. The zero-order valence-electron chi connectivity index (χ0n) is 6.16. The first kappa shape index (κ1) is 9.87. The number of phenols is 1. The van der Waals surface area contributed by atoms with Crippen molar-refractivity contribution in [3.05, 3.63) is 23.8 Å². The van der Waals surface area contributed by atoms with E-state index in [1.807, 2.05) is 0 Å². The highest BCUT2D eigenvalue weighted by Crippen LogP contribution is 2.25. The molecule has 0 fully saturated rings. The van der Waals surface area contributed by atoms with E-state index in [-0.39, 0.29) is 0 Å². The largest absolute Gasteiger partial charge is 0.506 e. The minimum atomic E-state index is -4.45. The Morgan fingerprint density at radius 3 is 2.23 bits per heavy atom. The van der Waals surface area contributed by atoms with Crippen molar-refractivity contribution in [3.63, 3.8) is 0 Å². The molecule has 7 heteroatoms. The molecule has 13 heavy (non-hydrogen) atoms. The van der Waals surface area contributed by atoms with Crippen LogP contribution in [-0.4, -0.2) is 13.5 Å². The van der Waals surface area contributed by atoms with Crippen LogP contribution in [0.25, 0.3) is 0 Å². The Morgan fingerprint density at radius 2 is 1.85 bits per heavy atom. The van der Waals surface area contributed by atoms with Crippen molar-refractivity contribution in [1.29, 1.82) is 0 Å². The maximum absolute atomic E-state index is 12.8. The van der Waals surface area contributed by atoms with Gasteiger partial charge in [0.25, 0.3) is 0 Å². The predicted octanol–water partition coefficient (Wildman–Crippen LogP) is 0.318. The maximum atomic E-state index is 12.8. The molecule has 4 nitrogen and oxygen atoms in total. The molecule has 0 radical (unpaired) electrons. The third kappa shape index (κ3) is 1.76. The number of halogens is 2. The van der Waals surface area contributed by atoms with Crippen LogP contribution in [0.15, 0.2) is 17.0 Å². The molecule has 0 heterocycles. The molecular weight excluding hydrogens is 204 g/mol. The van der Waals surface area contributed by atoms with E-state index in [0.29, 0.717) is 12.1 Å². The fourth-order valence-corrected chi connectivity index (χ4v) is 1.50. The van der Waals surface area contributed by atoms with Gasteiger partial charge in [-0.15, -0.1) is 0 Å². The van der Waals surface area contributed by atoms with Gasteiger partial charge in [-0.2, -0.15) is 0 Å². The number of nitrogens with two attached hydrogens (primary N) is 1. The number of phenolic OH excluding ortho intramolecular Hbond substituents is 1. The first-order valence-electron chi connectivity index (χ1n) is 3.04. The van der Waals surface area contributed by atoms with Crippen molar-refractivity contribution < 1.29 is 22.3 Å². The Balaban J connectivity index is 3.62. The minimum Gasteiger partial charge on any atom is -0.506 e. The summed E-state index contributed by atoms with van der Waals surface area (Å²) in [6.45, 7) is 0. The van der Waals surface area contributed by atoms with E-state index in [0.717, 1.165) is 0 Å². The molecule has 1 rings (SSSR count). The van der Waals surface area contributed by atoms with Gasteiger partial charge in [0.05, 0.1) is 0 Å². The summed E-state index contributed by atoms with van der Waals surface area (Å²) >= 11 is 0. The first-order chi connectivity index (χ1) is 5.84. The van der Waals surface area contributed by atoms with Crippen LogP contribution in [-0.2, 0) is 10.0 Å². The summed E-state index contributed by atoms with van der Waals surface area (Å²) in [4.78, 5) is -1.23. The lowest BCUT2D eigenvalue weighted by atomic mass is 10.3. The highest BCUT2D eigenvalue weighted by atomic mass is 32.2. The van der Waals surface area contributed by atoms with Crippen molar-refractivity contribution in [2.24, 2.45) is 5.14 Å². The molecule has 0 spiro atoms. The van der Waals surface area contributed by atoms with Gasteiger partial charge in [0, 0.05) is 0 Å². The molecule has 1 aromatic carbocycles. The normalized spacial score (nSPS) is 11.6. The van der Waals surface area contributed by atoms with Crippen LogP contribution in [0.5, 0.6) is 5.75 Å². The minimum absolute atomic E-state index is 0.597. The summed E-state index contributed by atoms with van der Waals surface area (Å²) in [5.41, 5.74) is 0. The van der Waals surface area contributed by atoms with Crippen LogP contribution in [0.4, 0.5) is 8.78 Å². The number of hydrogen-bond acceptors (Lipinski definition) is 3. The molecule has 0 atom stereocenters. The SMILES string of the molecule is NS(=O)(=O)c1c(O)ccc(F)c1F. The molecule has 0 saturated carbocycles. The van der Waals surface area contributed by atoms with Crippen molar-refractivity contribution >= 4 is 10.0 Å². The second kappa shape index (κ2) is 2.93. The summed E-state index contributed by atoms with van der Waals surface area (Å²) < 4.78 is 46.5. The summed E-state index contributed by atoms with van der Waals surface area (Å²) in [5.74, 6) is -3.98. The lowest BCUT2D eigenvalue weighted by Gasteiger charge is -2.03. The van der Waals surface area contributed by atoms with Crippen molar-refractivity contribution in [2.45, 2.75) is 4.90 Å². The van der Waals surface area contributed by atoms with Crippen LogP contribution in [0.1, 0.15) is 0 Å². The lowest BCUT2D eigenvalue weighted by Crippen LogP contribution is -2.15. The average molecular weight is 209 g/mol. The van der Waals surface area contributed by atoms with E-state index in [9.17, 15) is 17.2 Å². The van der Waals surface area contributed by atoms with E-state index in [2.05, 4.69) is 5.14 Å². The second-order valence-electron chi connectivity index (χ2n) is 2.25. The van der Waals surface area contributed by atoms with Crippen LogP contribution in [0, 0.1) is 11.6 Å². The second-order valence-corrected chi connectivity index (χ2v) is 3.75. The summed E-state index contributed by atoms with van der Waals surface area (Å²) in [6.07, 6.45) is 0. The molecule has 0 aliphatic heterocycles. The first-order valence-corrected chi connectivity index (χ1v) is 4.58. The fourth-order valence-electron chi connectivity index (χ4n) is 0.793. The number of hydrogen-bond donors (Lipinski definition) is 2. The molecule has 0 amide bonds. The van der Waals surface area contributed by atoms with Gasteiger partial charge in [-0.25, -0.2) is 22.3 Å². The number of benzene rings is 1. The highest BCUT2D eigenvalue weighted by molar-refractivity contribution is 7.89. The number of sulfonamides is 1. The molecule has 3 N–H and O–H groups in total. The Kier molecular flexibility index (Phi) is 2.22. The summed E-state index contributed by atoms with van der Waals surface area (Å²) in [7, 11) is -4.45. The molecule has 0 aromatic heterocycles. The van der Waals surface area contributed by atoms with Gasteiger partial charge >= 0.3 is 0 Å². The Hall–Kier alpha value is -1.21. The van der Waals surface area contributed by atoms with Gasteiger partial charge in [0.1, 0.15) is 5.75 Å². The monoisotopic (exact) mass is 209 g/mol. The van der Waals surface area contributed by atoms with Crippen LogP contribution < -0.4 is 5.14 Å². The highest BCUT2D eigenvalue weighted by Gasteiger charge is 2.22. The van der Waals surface area contributed by atoms with Gasteiger partial charge < -0.3 is 5.11 Å². The van der Waals surface area contributed by atoms with Crippen LogP contribution in [0.2, 0.25) is 0 Å². The quantitative estimate of drug-likeness (QED) is 0.698. The predicted molar refractivity (Wildman–Crippen MR) is 39.4 cm³/mol. The van der Waals surface area contributed by atoms with Gasteiger partial charge in [0.15, 0.2) is 16.5 Å². The molecule has 0 unspecified atom stereocenters.